The molecule has 0 saturated heterocycles. The maximum Gasteiger partial charge on any atom is 0.251 e. The summed E-state index contributed by atoms with van der Waals surface area (Å²) < 4.78 is 27.1. The van der Waals surface area contributed by atoms with Gasteiger partial charge in [0.15, 0.2) is 0 Å². The fourth-order valence-electron chi connectivity index (χ4n) is 3.60. The van der Waals surface area contributed by atoms with E-state index >= 15 is 0 Å². The van der Waals surface area contributed by atoms with Crippen LogP contribution in [0.2, 0.25) is 5.02 Å². The van der Waals surface area contributed by atoms with Crippen LogP contribution in [0.1, 0.15) is 46.1 Å². The van der Waals surface area contributed by atoms with Gasteiger partial charge in [-0.25, -0.2) is 8.78 Å². The molecule has 0 radical (unpaired) electrons. The lowest BCUT2D eigenvalue weighted by molar-refractivity contribution is 0.0930. The van der Waals surface area contributed by atoms with Crippen molar-refractivity contribution in [2.24, 2.45) is 5.92 Å². The monoisotopic (exact) mass is 504 g/mol. The standard InChI is InChI=1S/C24H20BrClF2N2O/c1-13-6-22(29-12-21(13)28)23(15-2-3-15)30-24(31)17-8-14(11-25)7-16(9-17)19-5-4-18(27)10-20(19)26/h4-10,12,15,23H,2-3,11H2,1H3,(H,30,31). The Balaban J connectivity index is 1.66. The van der Waals surface area contributed by atoms with Crippen molar-refractivity contribution in [3.05, 3.63) is 87.7 Å². The number of alkyl halides is 1. The van der Waals surface area contributed by atoms with Gasteiger partial charge in [0.05, 0.1) is 23.0 Å². The van der Waals surface area contributed by atoms with Crippen LogP contribution in [0.25, 0.3) is 11.1 Å². The number of aromatic nitrogens is 1. The molecule has 0 bridgehead atoms. The third-order valence-electron chi connectivity index (χ3n) is 5.42. The number of carbonyl (C=O) groups is 1. The van der Waals surface area contributed by atoms with Crippen LogP contribution in [0.15, 0.2) is 48.7 Å². The Morgan fingerprint density at radius 3 is 2.65 bits per heavy atom. The van der Waals surface area contributed by atoms with E-state index in [-0.39, 0.29) is 28.7 Å². The first-order valence-electron chi connectivity index (χ1n) is 9.94. The first kappa shape index (κ1) is 21.9. The average Bonchev–Trinajstić information content (AvgIpc) is 3.58. The molecule has 31 heavy (non-hydrogen) atoms. The Morgan fingerprint density at radius 1 is 1.23 bits per heavy atom. The summed E-state index contributed by atoms with van der Waals surface area (Å²) in [4.78, 5) is 17.4. The molecule has 7 heteroatoms. The van der Waals surface area contributed by atoms with E-state index in [1.54, 1.807) is 31.2 Å². The molecule has 1 amide bonds. The van der Waals surface area contributed by atoms with Crippen LogP contribution in [-0.4, -0.2) is 10.9 Å². The lowest BCUT2D eigenvalue weighted by Gasteiger charge is -2.19. The van der Waals surface area contributed by atoms with Gasteiger partial charge in [0.1, 0.15) is 11.6 Å². The van der Waals surface area contributed by atoms with E-state index in [0.29, 0.717) is 27.7 Å². The summed E-state index contributed by atoms with van der Waals surface area (Å²) in [6.07, 6.45) is 3.17. The fourth-order valence-corrected chi connectivity index (χ4v) is 4.20. The minimum Gasteiger partial charge on any atom is -0.343 e. The topological polar surface area (TPSA) is 42.0 Å². The third-order valence-corrected chi connectivity index (χ3v) is 6.38. The molecule has 4 rings (SSSR count). The minimum absolute atomic E-state index is 0.247. The number of nitrogens with one attached hydrogen (secondary N) is 1. The number of nitrogens with zero attached hydrogens (tertiary/aromatic N) is 1. The predicted molar refractivity (Wildman–Crippen MR) is 121 cm³/mol. The number of amides is 1. The van der Waals surface area contributed by atoms with E-state index in [1.807, 2.05) is 6.07 Å². The molecule has 3 nitrogen and oxygen atoms in total. The SMILES string of the molecule is Cc1cc(C(NC(=O)c2cc(CBr)cc(-c3ccc(F)cc3Cl)c2)C2CC2)ncc1F. The second kappa shape index (κ2) is 9.05. The van der Waals surface area contributed by atoms with Crippen molar-refractivity contribution in [2.75, 3.05) is 0 Å². The Labute approximate surface area is 193 Å². The van der Waals surface area contributed by atoms with Crippen LogP contribution in [0, 0.1) is 24.5 Å². The number of halogens is 4. The molecule has 1 heterocycles. The second-order valence-electron chi connectivity index (χ2n) is 7.82. The molecule has 1 N–H and O–H groups in total. The molecule has 1 aliphatic rings. The van der Waals surface area contributed by atoms with E-state index in [9.17, 15) is 13.6 Å². The largest absolute Gasteiger partial charge is 0.343 e. The van der Waals surface area contributed by atoms with E-state index in [0.717, 1.165) is 24.0 Å². The van der Waals surface area contributed by atoms with Crippen LogP contribution in [0.4, 0.5) is 8.78 Å². The Bertz CT molecular complexity index is 1150. The molecule has 1 atom stereocenters. The summed E-state index contributed by atoms with van der Waals surface area (Å²) in [6, 6.07) is 11.1. The molecule has 160 valence electrons. The van der Waals surface area contributed by atoms with E-state index < -0.39 is 5.82 Å². The summed E-state index contributed by atoms with van der Waals surface area (Å²) in [5, 5.41) is 3.90. The maximum atomic E-state index is 13.7. The third kappa shape index (κ3) is 4.96. The molecule has 2 aromatic carbocycles. The highest BCUT2D eigenvalue weighted by Crippen LogP contribution is 2.41. The Hall–Kier alpha value is -2.31. The van der Waals surface area contributed by atoms with Crippen LogP contribution in [-0.2, 0) is 5.33 Å². The lowest BCUT2D eigenvalue weighted by atomic mass is 9.99. The smallest absolute Gasteiger partial charge is 0.251 e. The van der Waals surface area contributed by atoms with Gasteiger partial charge in [-0.3, -0.25) is 9.78 Å². The highest BCUT2D eigenvalue weighted by atomic mass is 79.9. The zero-order valence-electron chi connectivity index (χ0n) is 16.8. The molecule has 1 fully saturated rings. The summed E-state index contributed by atoms with van der Waals surface area (Å²) in [5.41, 5.74) is 3.89. The van der Waals surface area contributed by atoms with Gasteiger partial charge in [0, 0.05) is 16.5 Å². The van der Waals surface area contributed by atoms with Crippen molar-refractivity contribution in [3.63, 3.8) is 0 Å². The Kier molecular flexibility index (Phi) is 6.39. The highest BCUT2D eigenvalue weighted by Gasteiger charge is 2.35. The zero-order valence-corrected chi connectivity index (χ0v) is 19.1. The predicted octanol–water partition coefficient (Wildman–Crippen LogP) is 6.76. The quantitative estimate of drug-likeness (QED) is 0.376. The summed E-state index contributed by atoms with van der Waals surface area (Å²) >= 11 is 9.69. The van der Waals surface area contributed by atoms with Gasteiger partial charge in [0.2, 0.25) is 0 Å². The van der Waals surface area contributed by atoms with Crippen molar-refractivity contribution in [2.45, 2.75) is 31.1 Å². The number of rotatable bonds is 6. The van der Waals surface area contributed by atoms with Crippen molar-refractivity contribution in [1.82, 2.24) is 10.3 Å². The van der Waals surface area contributed by atoms with Gasteiger partial charge < -0.3 is 5.32 Å². The first-order chi connectivity index (χ1) is 14.9. The molecule has 0 aliphatic heterocycles. The van der Waals surface area contributed by atoms with Gasteiger partial charge in [-0.15, -0.1) is 0 Å². The molecule has 1 saturated carbocycles. The number of pyridine rings is 1. The lowest BCUT2D eigenvalue weighted by Crippen LogP contribution is -2.30. The molecular weight excluding hydrogens is 486 g/mol. The highest BCUT2D eigenvalue weighted by molar-refractivity contribution is 9.08. The zero-order chi connectivity index (χ0) is 22.1. The number of aryl methyl sites for hydroxylation is 1. The van der Waals surface area contributed by atoms with Crippen LogP contribution in [0.5, 0.6) is 0 Å². The molecule has 1 aromatic heterocycles. The molecule has 0 spiro atoms. The van der Waals surface area contributed by atoms with Gasteiger partial charge in [0.25, 0.3) is 5.91 Å². The fraction of sp³-hybridized carbons (Fsp3) is 0.250. The van der Waals surface area contributed by atoms with Gasteiger partial charge in [-0.2, -0.15) is 0 Å². The molecule has 3 aromatic rings. The Morgan fingerprint density at radius 2 is 2.00 bits per heavy atom. The number of carbonyl (C=O) groups excluding carboxylic acids is 1. The summed E-state index contributed by atoms with van der Waals surface area (Å²) in [5.74, 6) is -0.747. The minimum atomic E-state index is -0.419. The second-order valence-corrected chi connectivity index (χ2v) is 8.79. The number of hydrogen-bond donors (Lipinski definition) is 1. The van der Waals surface area contributed by atoms with Crippen LogP contribution < -0.4 is 5.32 Å². The molecular formula is C24H20BrClF2N2O. The van der Waals surface area contributed by atoms with E-state index in [2.05, 4.69) is 26.2 Å². The number of hydrogen-bond acceptors (Lipinski definition) is 2. The van der Waals surface area contributed by atoms with E-state index in [1.165, 1.54) is 18.3 Å². The van der Waals surface area contributed by atoms with Crippen LogP contribution in [0.3, 0.4) is 0 Å². The van der Waals surface area contributed by atoms with Crippen molar-refractivity contribution < 1.29 is 13.6 Å². The first-order valence-corrected chi connectivity index (χ1v) is 11.4. The van der Waals surface area contributed by atoms with Crippen molar-refractivity contribution >= 4 is 33.4 Å². The molecule has 1 unspecified atom stereocenters. The molecule has 1 aliphatic carbocycles. The van der Waals surface area contributed by atoms with Gasteiger partial charge >= 0.3 is 0 Å². The van der Waals surface area contributed by atoms with Gasteiger partial charge in [-0.1, -0.05) is 33.6 Å². The van der Waals surface area contributed by atoms with Crippen molar-refractivity contribution in [1.29, 1.82) is 0 Å². The normalized spacial score (nSPS) is 14.4. The van der Waals surface area contributed by atoms with E-state index in [4.69, 9.17) is 11.6 Å². The van der Waals surface area contributed by atoms with Crippen LogP contribution >= 0.6 is 27.5 Å². The maximum absolute atomic E-state index is 13.7. The summed E-state index contributed by atoms with van der Waals surface area (Å²) in [7, 11) is 0. The van der Waals surface area contributed by atoms with Crippen molar-refractivity contribution in [3.8, 4) is 11.1 Å². The number of benzene rings is 2. The average molecular weight is 506 g/mol. The van der Waals surface area contributed by atoms with Gasteiger partial charge in [-0.05, 0) is 78.8 Å². The summed E-state index contributed by atoms with van der Waals surface area (Å²) in [6.45, 7) is 1.68.